The number of carbonyl (C=O) groups excluding carboxylic acids is 1. The summed E-state index contributed by atoms with van der Waals surface area (Å²) in [6.07, 6.45) is -1.44. The maximum Gasteiger partial charge on any atom is 0.368 e. The van der Waals surface area contributed by atoms with Crippen molar-refractivity contribution in [2.75, 3.05) is 6.61 Å². The number of rotatable bonds is 1. The molecule has 0 spiro atoms. The minimum atomic E-state index is -1.58. The van der Waals surface area contributed by atoms with E-state index in [-0.39, 0.29) is 6.61 Å². The lowest BCUT2D eigenvalue weighted by Crippen LogP contribution is -2.82. The van der Waals surface area contributed by atoms with E-state index < -0.39 is 33.3 Å². The molecule has 2 unspecified atom stereocenters. The summed E-state index contributed by atoms with van der Waals surface area (Å²) < 4.78 is 4.72. The van der Waals surface area contributed by atoms with Crippen LogP contribution in [0.4, 0.5) is 4.79 Å². The smallest absolute Gasteiger partial charge is 0.368 e. The number of aliphatic carboxylic acids is 1. The zero-order valence-electron chi connectivity index (χ0n) is 11.7. The molecule has 18 heavy (non-hydrogen) atoms. The Balaban J connectivity index is 3.70. The van der Waals surface area contributed by atoms with Crippen LogP contribution in [-0.2, 0) is 9.53 Å². The van der Waals surface area contributed by atoms with Gasteiger partial charge in [-0.2, -0.15) is 0 Å². The Morgan fingerprint density at radius 2 is 1.72 bits per heavy atom. The minimum Gasteiger partial charge on any atom is -0.498 e. The second-order valence-corrected chi connectivity index (χ2v) is 6.42. The van der Waals surface area contributed by atoms with E-state index in [0.29, 0.717) is 0 Å². The Hall–Kier alpha value is -1.14. The van der Waals surface area contributed by atoms with E-state index in [4.69, 9.17) is 4.74 Å². The molecule has 6 heteroatoms. The number of amides is 1. The highest BCUT2D eigenvalue weighted by Gasteiger charge is 2.73. The van der Waals surface area contributed by atoms with Crippen LogP contribution in [0.15, 0.2) is 0 Å². The molecule has 0 aromatic carbocycles. The van der Waals surface area contributed by atoms with Gasteiger partial charge in [-0.25, -0.2) is 9.28 Å². The Bertz CT molecular complexity index is 398. The molecule has 0 radical (unpaired) electrons. The zero-order valence-corrected chi connectivity index (χ0v) is 11.7. The zero-order chi connectivity index (χ0) is 14.6. The topological polar surface area (TPSA) is 86.7 Å². The van der Waals surface area contributed by atoms with Crippen LogP contribution < -0.4 is 5.11 Å². The summed E-state index contributed by atoms with van der Waals surface area (Å²) in [5.41, 5.74) is -3.64. The van der Waals surface area contributed by atoms with Crippen LogP contribution in [0.2, 0.25) is 0 Å². The fraction of sp³-hybridized carbons (Fsp3) is 0.833. The molecule has 0 saturated carbocycles. The van der Waals surface area contributed by atoms with Gasteiger partial charge in [-0.1, -0.05) is 0 Å². The first-order valence-corrected chi connectivity index (χ1v) is 5.83. The van der Waals surface area contributed by atoms with Crippen molar-refractivity contribution in [3.05, 3.63) is 0 Å². The third kappa shape index (κ3) is 1.42. The van der Waals surface area contributed by atoms with Gasteiger partial charge in [0.2, 0.25) is 11.3 Å². The van der Waals surface area contributed by atoms with Gasteiger partial charge in [0.25, 0.3) is 6.09 Å². The average Bonchev–Trinajstić information content (AvgIpc) is 2.33. The summed E-state index contributed by atoms with van der Waals surface area (Å²) in [6, 6.07) is 0. The summed E-state index contributed by atoms with van der Waals surface area (Å²) in [4.78, 5) is 23.4. The number of carbonyl (C=O) groups is 2. The largest absolute Gasteiger partial charge is 0.498 e. The lowest BCUT2D eigenvalue weighted by molar-refractivity contribution is -0.992. The van der Waals surface area contributed by atoms with Gasteiger partial charge in [0.05, 0.1) is 5.54 Å². The van der Waals surface area contributed by atoms with Crippen LogP contribution in [0.3, 0.4) is 0 Å². The molecule has 1 rings (SSSR count). The Labute approximate surface area is 107 Å². The van der Waals surface area contributed by atoms with Crippen LogP contribution in [0, 0.1) is 0 Å². The molecule has 1 N–H and O–H groups in total. The Morgan fingerprint density at radius 1 is 1.28 bits per heavy atom. The predicted molar refractivity (Wildman–Crippen MR) is 61.5 cm³/mol. The molecule has 1 saturated heterocycles. The van der Waals surface area contributed by atoms with Gasteiger partial charge in [0.15, 0.2) is 0 Å². The summed E-state index contributed by atoms with van der Waals surface area (Å²) in [7, 11) is 0. The van der Waals surface area contributed by atoms with Gasteiger partial charge < -0.3 is 19.7 Å². The quantitative estimate of drug-likeness (QED) is 0.695. The second kappa shape index (κ2) is 3.68. The summed E-state index contributed by atoms with van der Waals surface area (Å²) in [5.74, 6) is -1.20. The number of hydrogen-bond donors (Lipinski definition) is 1. The van der Waals surface area contributed by atoms with E-state index in [9.17, 15) is 19.8 Å². The average molecular weight is 259 g/mol. The first kappa shape index (κ1) is 14.9. The summed E-state index contributed by atoms with van der Waals surface area (Å²) >= 11 is 0. The van der Waals surface area contributed by atoms with Gasteiger partial charge in [-0.15, -0.1) is 0 Å². The molecule has 104 valence electrons. The van der Waals surface area contributed by atoms with Gasteiger partial charge in [-0.05, 0) is 20.8 Å². The molecule has 1 aliphatic rings. The fourth-order valence-electron chi connectivity index (χ4n) is 3.55. The van der Waals surface area contributed by atoms with Crippen molar-refractivity contribution >= 4 is 12.1 Å². The van der Waals surface area contributed by atoms with E-state index in [1.807, 2.05) is 0 Å². The lowest BCUT2D eigenvalue weighted by Gasteiger charge is -2.56. The molecule has 1 aliphatic heterocycles. The molecule has 0 aromatic rings. The molecule has 2 atom stereocenters. The van der Waals surface area contributed by atoms with Gasteiger partial charge in [-0.3, -0.25) is 0 Å². The number of hydrogen-bond acceptors (Lipinski definition) is 4. The van der Waals surface area contributed by atoms with Crippen molar-refractivity contribution in [3.63, 3.8) is 0 Å². The van der Waals surface area contributed by atoms with E-state index in [0.717, 1.165) is 0 Å². The number of carboxylic acid groups (broad SMARTS) is 2. The van der Waals surface area contributed by atoms with Crippen molar-refractivity contribution < 1.29 is 29.0 Å². The summed E-state index contributed by atoms with van der Waals surface area (Å²) in [6.45, 7) is 9.44. The number of nitrogens with zero attached hydrogens (tertiary/aromatic N) is 1. The van der Waals surface area contributed by atoms with E-state index >= 15 is 0 Å². The molecule has 1 fully saturated rings. The number of quaternary nitrogens is 1. The van der Waals surface area contributed by atoms with Crippen molar-refractivity contribution in [2.45, 2.75) is 58.3 Å². The predicted octanol–water partition coefficient (Wildman–Crippen LogP) is 0.555. The van der Waals surface area contributed by atoms with Crippen LogP contribution >= 0.6 is 0 Å². The number of carboxylic acids is 1. The Kier molecular flexibility index (Phi) is 3.05. The van der Waals surface area contributed by atoms with Gasteiger partial charge in [0.1, 0.15) is 6.61 Å². The monoisotopic (exact) mass is 259 g/mol. The molecular formula is C12H21NO5. The van der Waals surface area contributed by atoms with Gasteiger partial charge >= 0.3 is 5.97 Å². The lowest BCUT2D eigenvalue weighted by atomic mass is 9.87. The molecule has 0 aliphatic carbocycles. The van der Waals surface area contributed by atoms with E-state index in [1.54, 1.807) is 34.6 Å². The fourth-order valence-corrected chi connectivity index (χ4v) is 3.55. The van der Waals surface area contributed by atoms with Crippen LogP contribution in [-0.4, -0.2) is 45.1 Å². The maximum absolute atomic E-state index is 11.8. The van der Waals surface area contributed by atoms with Crippen molar-refractivity contribution in [1.82, 2.24) is 0 Å². The third-order valence-electron chi connectivity index (χ3n) is 4.00. The SMILES string of the molecule is CC(C)(C)[N+]1(C(=O)[O-])C(C)(C)OCC1(C)C(=O)O. The standard InChI is InChI=1S/C12H21NO5/c1-10(2,3)13(9(16)17)11(4,5)18-7-12(13,6)8(14)15/h7H2,1-6H3,(H-,14,15,16,17). The van der Waals surface area contributed by atoms with Crippen LogP contribution in [0.1, 0.15) is 41.5 Å². The van der Waals surface area contributed by atoms with E-state index in [2.05, 4.69) is 0 Å². The molecule has 1 amide bonds. The van der Waals surface area contributed by atoms with Crippen molar-refractivity contribution in [1.29, 1.82) is 0 Å². The first-order valence-electron chi connectivity index (χ1n) is 5.83. The van der Waals surface area contributed by atoms with Crippen molar-refractivity contribution in [2.24, 2.45) is 0 Å². The normalized spacial score (nSPS) is 35.4. The first-order chi connectivity index (χ1) is 7.84. The molecule has 0 aromatic heterocycles. The highest BCUT2D eigenvalue weighted by atomic mass is 16.6. The highest BCUT2D eigenvalue weighted by molar-refractivity contribution is 5.80. The Morgan fingerprint density at radius 3 is 1.94 bits per heavy atom. The molecule has 0 bridgehead atoms. The highest BCUT2D eigenvalue weighted by Crippen LogP contribution is 2.49. The van der Waals surface area contributed by atoms with Crippen LogP contribution in [0.25, 0.3) is 0 Å². The second-order valence-electron chi connectivity index (χ2n) is 6.42. The van der Waals surface area contributed by atoms with E-state index in [1.165, 1.54) is 6.92 Å². The molecular weight excluding hydrogens is 238 g/mol. The molecule has 1 heterocycles. The van der Waals surface area contributed by atoms with Crippen LogP contribution in [0.5, 0.6) is 0 Å². The summed E-state index contributed by atoms with van der Waals surface area (Å²) in [5, 5.41) is 21.3. The van der Waals surface area contributed by atoms with Gasteiger partial charge in [0, 0.05) is 20.8 Å². The third-order valence-corrected chi connectivity index (χ3v) is 4.00. The molecule has 6 nitrogen and oxygen atoms in total. The number of ether oxygens (including phenoxy) is 1. The van der Waals surface area contributed by atoms with Crippen molar-refractivity contribution in [3.8, 4) is 0 Å². The maximum atomic E-state index is 11.8. The minimum absolute atomic E-state index is 0.166.